The van der Waals surface area contributed by atoms with Gasteiger partial charge in [0.2, 0.25) is 0 Å². The average molecular weight is 344 g/mol. The maximum absolute atomic E-state index is 11.9. The van der Waals surface area contributed by atoms with Crippen LogP contribution in [-0.2, 0) is 20.7 Å². The van der Waals surface area contributed by atoms with Crippen molar-refractivity contribution in [2.45, 2.75) is 38.8 Å². The summed E-state index contributed by atoms with van der Waals surface area (Å²) in [5.41, 5.74) is 0.184. The number of carbonyl (C=O) groups is 2. The summed E-state index contributed by atoms with van der Waals surface area (Å²) in [7, 11) is 1.27. The standard InChI is InChI=1S/C16H22ClNO5/c1-16(2,3)23-15(20)18-13(14(19)21-4)9-11-5-7-12(8-6-11)22-10-17/h5-8,13H,9-10H2,1-4H3,(H,18,20). The van der Waals surface area contributed by atoms with Gasteiger partial charge in [0.05, 0.1) is 7.11 Å². The smallest absolute Gasteiger partial charge is 0.408 e. The minimum atomic E-state index is -0.838. The fourth-order valence-electron chi connectivity index (χ4n) is 1.81. The highest BCUT2D eigenvalue weighted by molar-refractivity contribution is 6.17. The lowest BCUT2D eigenvalue weighted by Gasteiger charge is -2.22. The highest BCUT2D eigenvalue weighted by Gasteiger charge is 2.25. The van der Waals surface area contributed by atoms with Gasteiger partial charge in [-0.15, -0.1) is 0 Å². The number of nitrogens with one attached hydrogen (secondary N) is 1. The Morgan fingerprint density at radius 3 is 2.30 bits per heavy atom. The molecule has 6 nitrogen and oxygen atoms in total. The second-order valence-electron chi connectivity index (χ2n) is 5.82. The van der Waals surface area contributed by atoms with Crippen molar-refractivity contribution in [2.24, 2.45) is 0 Å². The molecular formula is C16H22ClNO5. The Morgan fingerprint density at radius 2 is 1.83 bits per heavy atom. The molecule has 0 aliphatic rings. The number of ether oxygens (including phenoxy) is 3. The zero-order valence-corrected chi connectivity index (χ0v) is 14.5. The van der Waals surface area contributed by atoms with E-state index in [2.05, 4.69) is 5.32 Å². The molecule has 0 fully saturated rings. The van der Waals surface area contributed by atoms with E-state index in [9.17, 15) is 9.59 Å². The molecule has 1 rings (SSSR count). The molecule has 23 heavy (non-hydrogen) atoms. The molecule has 1 unspecified atom stereocenters. The van der Waals surface area contributed by atoms with Crippen LogP contribution in [0.3, 0.4) is 0 Å². The summed E-state index contributed by atoms with van der Waals surface area (Å²) < 4.78 is 15.0. The third-order valence-electron chi connectivity index (χ3n) is 2.76. The predicted octanol–water partition coefficient (Wildman–Crippen LogP) is 2.87. The van der Waals surface area contributed by atoms with Gasteiger partial charge in [0, 0.05) is 6.42 Å². The number of benzene rings is 1. The lowest BCUT2D eigenvalue weighted by molar-refractivity contribution is -0.143. The molecule has 0 heterocycles. The molecular weight excluding hydrogens is 322 g/mol. The molecule has 1 aromatic carbocycles. The molecule has 1 N–H and O–H groups in total. The molecule has 0 saturated heterocycles. The van der Waals surface area contributed by atoms with Crippen molar-refractivity contribution in [1.82, 2.24) is 5.32 Å². The monoisotopic (exact) mass is 343 g/mol. The van der Waals surface area contributed by atoms with Crippen molar-refractivity contribution in [3.63, 3.8) is 0 Å². The zero-order chi connectivity index (χ0) is 17.5. The number of esters is 1. The van der Waals surface area contributed by atoms with Crippen LogP contribution in [0.15, 0.2) is 24.3 Å². The first-order valence-electron chi connectivity index (χ1n) is 7.10. The summed E-state index contributed by atoms with van der Waals surface area (Å²) in [4.78, 5) is 23.7. The Labute approximate surface area is 141 Å². The fraction of sp³-hybridized carbons (Fsp3) is 0.500. The molecule has 1 aromatic rings. The van der Waals surface area contributed by atoms with Crippen LogP contribution in [-0.4, -0.2) is 36.9 Å². The molecule has 1 atom stereocenters. The SMILES string of the molecule is COC(=O)C(Cc1ccc(OCCl)cc1)NC(=O)OC(C)(C)C. The molecule has 7 heteroatoms. The van der Waals surface area contributed by atoms with Gasteiger partial charge in [0.25, 0.3) is 0 Å². The zero-order valence-electron chi connectivity index (χ0n) is 13.7. The van der Waals surface area contributed by atoms with E-state index in [1.54, 1.807) is 45.0 Å². The first-order chi connectivity index (χ1) is 10.7. The normalized spacial score (nSPS) is 12.2. The molecule has 0 saturated carbocycles. The van der Waals surface area contributed by atoms with Gasteiger partial charge in [-0.1, -0.05) is 23.7 Å². The molecule has 0 aromatic heterocycles. The van der Waals surface area contributed by atoms with E-state index in [1.165, 1.54) is 7.11 Å². The van der Waals surface area contributed by atoms with Gasteiger partial charge in [-0.25, -0.2) is 9.59 Å². The predicted molar refractivity (Wildman–Crippen MR) is 86.7 cm³/mol. The van der Waals surface area contributed by atoms with E-state index in [-0.39, 0.29) is 12.5 Å². The number of amides is 1. The number of rotatable bonds is 6. The van der Waals surface area contributed by atoms with Crippen molar-refractivity contribution in [2.75, 3.05) is 13.2 Å². The van der Waals surface area contributed by atoms with E-state index in [0.29, 0.717) is 5.75 Å². The Kier molecular flexibility index (Phi) is 7.16. The van der Waals surface area contributed by atoms with Gasteiger partial charge >= 0.3 is 12.1 Å². The molecule has 0 spiro atoms. The number of alkyl halides is 1. The molecule has 0 aliphatic carbocycles. The van der Waals surface area contributed by atoms with Gasteiger partial charge in [-0.2, -0.15) is 0 Å². The molecule has 0 radical (unpaired) electrons. The third-order valence-corrected chi connectivity index (χ3v) is 2.87. The largest absolute Gasteiger partial charge is 0.478 e. The summed E-state index contributed by atoms with van der Waals surface area (Å²) in [6.07, 6.45) is -0.400. The highest BCUT2D eigenvalue weighted by atomic mass is 35.5. The van der Waals surface area contributed by atoms with E-state index < -0.39 is 23.7 Å². The van der Waals surface area contributed by atoms with Gasteiger partial charge in [0.1, 0.15) is 17.4 Å². The van der Waals surface area contributed by atoms with Gasteiger partial charge < -0.3 is 19.5 Å². The minimum absolute atomic E-state index is 0.0599. The Bertz CT molecular complexity index is 524. The number of hydrogen-bond donors (Lipinski definition) is 1. The summed E-state index contributed by atoms with van der Waals surface area (Å²) in [5, 5.41) is 2.52. The maximum Gasteiger partial charge on any atom is 0.408 e. The van der Waals surface area contributed by atoms with Crippen LogP contribution in [0.5, 0.6) is 5.75 Å². The van der Waals surface area contributed by atoms with Crippen molar-refractivity contribution >= 4 is 23.7 Å². The number of hydrogen-bond acceptors (Lipinski definition) is 5. The average Bonchev–Trinajstić information content (AvgIpc) is 2.46. The van der Waals surface area contributed by atoms with E-state index in [4.69, 9.17) is 25.8 Å². The van der Waals surface area contributed by atoms with Crippen molar-refractivity contribution in [3.05, 3.63) is 29.8 Å². The van der Waals surface area contributed by atoms with E-state index >= 15 is 0 Å². The molecule has 0 bridgehead atoms. The fourth-order valence-corrected chi connectivity index (χ4v) is 1.93. The Balaban J connectivity index is 2.74. The first-order valence-corrected chi connectivity index (χ1v) is 7.63. The summed E-state index contributed by atoms with van der Waals surface area (Å²) >= 11 is 5.49. The maximum atomic E-state index is 11.9. The first kappa shape index (κ1) is 19.1. The van der Waals surface area contributed by atoms with Crippen LogP contribution in [0.1, 0.15) is 26.3 Å². The van der Waals surface area contributed by atoms with Crippen molar-refractivity contribution in [1.29, 1.82) is 0 Å². The summed E-state index contributed by atoms with van der Waals surface area (Å²) in [5.74, 6) is 0.0791. The number of methoxy groups -OCH3 is 1. The summed E-state index contributed by atoms with van der Waals surface area (Å²) in [6, 6.07) is 6.27. The van der Waals surface area contributed by atoms with Gasteiger partial charge in [-0.05, 0) is 38.5 Å². The number of carbonyl (C=O) groups excluding carboxylic acids is 2. The Morgan fingerprint density at radius 1 is 1.22 bits per heavy atom. The summed E-state index contributed by atoms with van der Waals surface area (Å²) in [6.45, 7) is 5.24. The lowest BCUT2D eigenvalue weighted by Crippen LogP contribution is -2.45. The highest BCUT2D eigenvalue weighted by Crippen LogP contribution is 2.14. The van der Waals surface area contributed by atoms with Crippen LogP contribution in [0, 0.1) is 0 Å². The number of halogens is 1. The molecule has 1 amide bonds. The van der Waals surface area contributed by atoms with Crippen molar-refractivity contribution in [3.8, 4) is 5.75 Å². The third kappa shape index (κ3) is 7.23. The number of alkyl carbamates (subject to hydrolysis) is 1. The van der Waals surface area contributed by atoms with Crippen LogP contribution in [0.25, 0.3) is 0 Å². The topological polar surface area (TPSA) is 73.9 Å². The Hall–Kier alpha value is -1.95. The van der Waals surface area contributed by atoms with Crippen LogP contribution in [0.2, 0.25) is 0 Å². The molecule has 0 aliphatic heterocycles. The minimum Gasteiger partial charge on any atom is -0.478 e. The molecule has 128 valence electrons. The van der Waals surface area contributed by atoms with Crippen LogP contribution < -0.4 is 10.1 Å². The van der Waals surface area contributed by atoms with Gasteiger partial charge in [0.15, 0.2) is 6.07 Å². The quantitative estimate of drug-likeness (QED) is 0.635. The van der Waals surface area contributed by atoms with E-state index in [0.717, 1.165) is 5.56 Å². The lowest BCUT2D eigenvalue weighted by atomic mass is 10.1. The van der Waals surface area contributed by atoms with Crippen molar-refractivity contribution < 1.29 is 23.8 Å². The van der Waals surface area contributed by atoms with Crippen LogP contribution >= 0.6 is 11.6 Å². The van der Waals surface area contributed by atoms with Gasteiger partial charge in [-0.3, -0.25) is 0 Å². The second kappa shape index (κ2) is 8.62. The van der Waals surface area contributed by atoms with Crippen LogP contribution in [0.4, 0.5) is 4.79 Å². The van der Waals surface area contributed by atoms with E-state index in [1.807, 2.05) is 0 Å². The second-order valence-corrected chi connectivity index (χ2v) is 6.04.